The Morgan fingerprint density at radius 1 is 1.35 bits per heavy atom. The maximum atomic E-state index is 12.3. The summed E-state index contributed by atoms with van der Waals surface area (Å²) in [7, 11) is 0. The van der Waals surface area contributed by atoms with E-state index in [1.165, 1.54) is 5.01 Å². The van der Waals surface area contributed by atoms with Crippen LogP contribution in [0.15, 0.2) is 33.8 Å². The molecule has 0 aliphatic carbocycles. The molecule has 0 N–H and O–H groups in total. The third-order valence-electron chi connectivity index (χ3n) is 2.93. The predicted octanol–water partition coefficient (Wildman–Crippen LogP) is 3.44. The number of hydrogen-bond acceptors (Lipinski definition) is 2. The Balaban J connectivity index is 2.38. The van der Waals surface area contributed by atoms with E-state index < -0.39 is 0 Å². The highest BCUT2D eigenvalue weighted by Gasteiger charge is 2.36. The second-order valence-corrected chi connectivity index (χ2v) is 5.42. The molecule has 1 aromatic carbocycles. The number of hydrazone groups is 1. The zero-order valence-corrected chi connectivity index (χ0v) is 11.7. The number of rotatable bonds is 2. The highest BCUT2D eigenvalue weighted by Crippen LogP contribution is 2.32. The van der Waals surface area contributed by atoms with Crippen LogP contribution >= 0.6 is 15.9 Å². The number of hydrogen-bond donors (Lipinski definition) is 0. The molecule has 1 aliphatic rings. The topological polar surface area (TPSA) is 32.7 Å². The molecule has 0 spiro atoms. The summed E-state index contributed by atoms with van der Waals surface area (Å²) in [4.78, 5) is 12.3. The van der Waals surface area contributed by atoms with E-state index >= 15 is 0 Å². The summed E-state index contributed by atoms with van der Waals surface area (Å²) in [5.41, 5.74) is 1.70. The lowest BCUT2D eigenvalue weighted by Gasteiger charge is -2.17. The number of carbonyl (C=O) groups is 1. The smallest absolute Gasteiger partial charge is 0.256 e. The molecule has 1 aliphatic heterocycles. The Bertz CT molecular complexity index is 482. The number of benzene rings is 1. The third kappa shape index (κ3) is 2.14. The zero-order chi connectivity index (χ0) is 12.6. The van der Waals surface area contributed by atoms with E-state index in [1.54, 1.807) is 0 Å². The Kier molecular flexibility index (Phi) is 3.33. The zero-order valence-electron chi connectivity index (χ0n) is 10.1. The number of anilines is 1. The molecule has 1 aromatic rings. The summed E-state index contributed by atoms with van der Waals surface area (Å²) in [6.07, 6.45) is 0. The van der Waals surface area contributed by atoms with Crippen molar-refractivity contribution in [2.45, 2.75) is 20.8 Å². The minimum absolute atomic E-state index is 0.0596. The second-order valence-electron chi connectivity index (χ2n) is 4.56. The molecule has 1 amide bonds. The van der Waals surface area contributed by atoms with Gasteiger partial charge in [-0.1, -0.05) is 26.0 Å². The molecular weight excluding hydrogens is 280 g/mol. The van der Waals surface area contributed by atoms with Crippen molar-refractivity contribution < 1.29 is 4.79 Å². The standard InChI is InChI=1S/C13H15BrN2O/c1-8(2)12-9(3)15-16(13(12)17)11-7-5-4-6-10(11)14/h4-8,12H,1-3H3. The average molecular weight is 295 g/mol. The van der Waals surface area contributed by atoms with E-state index in [2.05, 4.69) is 21.0 Å². The highest BCUT2D eigenvalue weighted by atomic mass is 79.9. The van der Waals surface area contributed by atoms with Crippen molar-refractivity contribution in [3.8, 4) is 0 Å². The van der Waals surface area contributed by atoms with E-state index in [-0.39, 0.29) is 17.7 Å². The van der Waals surface area contributed by atoms with Crippen LogP contribution in [0, 0.1) is 11.8 Å². The fourth-order valence-electron chi connectivity index (χ4n) is 2.14. The summed E-state index contributed by atoms with van der Waals surface area (Å²) in [6.45, 7) is 6.01. The predicted molar refractivity (Wildman–Crippen MR) is 73.1 cm³/mol. The van der Waals surface area contributed by atoms with Gasteiger partial charge >= 0.3 is 0 Å². The highest BCUT2D eigenvalue weighted by molar-refractivity contribution is 9.10. The fourth-order valence-corrected chi connectivity index (χ4v) is 2.60. The molecule has 0 aromatic heterocycles. The van der Waals surface area contributed by atoms with E-state index in [4.69, 9.17) is 0 Å². The number of amides is 1. The van der Waals surface area contributed by atoms with Gasteiger partial charge in [0.25, 0.3) is 5.91 Å². The molecule has 4 heteroatoms. The van der Waals surface area contributed by atoms with Crippen LogP contribution in [0.1, 0.15) is 20.8 Å². The summed E-state index contributed by atoms with van der Waals surface area (Å²) >= 11 is 3.45. The van der Waals surface area contributed by atoms with Gasteiger partial charge in [-0.2, -0.15) is 10.1 Å². The number of halogens is 1. The molecule has 0 fully saturated rings. The van der Waals surface area contributed by atoms with Gasteiger partial charge < -0.3 is 0 Å². The molecular formula is C13H15BrN2O. The Morgan fingerprint density at radius 2 is 2.00 bits per heavy atom. The van der Waals surface area contributed by atoms with Crippen molar-refractivity contribution in [2.24, 2.45) is 16.9 Å². The summed E-state index contributed by atoms with van der Waals surface area (Å²) in [6, 6.07) is 7.63. The lowest BCUT2D eigenvalue weighted by Crippen LogP contribution is -2.30. The first-order chi connectivity index (χ1) is 8.02. The Labute approximate surface area is 110 Å². The monoisotopic (exact) mass is 294 g/mol. The SMILES string of the molecule is CC1=NN(c2ccccc2Br)C(=O)C1C(C)C. The first kappa shape index (κ1) is 12.3. The number of carbonyl (C=O) groups excluding carboxylic acids is 1. The van der Waals surface area contributed by atoms with Crippen LogP contribution in [0.3, 0.4) is 0 Å². The fraction of sp³-hybridized carbons (Fsp3) is 0.385. The van der Waals surface area contributed by atoms with Crippen LogP contribution in [-0.2, 0) is 4.79 Å². The van der Waals surface area contributed by atoms with Crippen LogP contribution in [0.5, 0.6) is 0 Å². The van der Waals surface area contributed by atoms with Gasteiger partial charge in [0.2, 0.25) is 0 Å². The molecule has 0 saturated heterocycles. The molecule has 0 saturated carbocycles. The van der Waals surface area contributed by atoms with Crippen molar-refractivity contribution >= 4 is 33.2 Å². The summed E-state index contributed by atoms with van der Waals surface area (Å²) in [5, 5.41) is 5.88. The molecule has 2 rings (SSSR count). The molecule has 90 valence electrons. The van der Waals surface area contributed by atoms with Gasteiger partial charge in [0.05, 0.1) is 11.6 Å². The minimum Gasteiger partial charge on any atom is -0.272 e. The molecule has 3 nitrogen and oxygen atoms in total. The van der Waals surface area contributed by atoms with Crippen LogP contribution in [-0.4, -0.2) is 11.6 Å². The Morgan fingerprint density at radius 3 is 2.53 bits per heavy atom. The Hall–Kier alpha value is -1.16. The van der Waals surface area contributed by atoms with Crippen molar-refractivity contribution in [3.05, 3.63) is 28.7 Å². The number of para-hydroxylation sites is 1. The van der Waals surface area contributed by atoms with E-state index in [9.17, 15) is 4.79 Å². The number of nitrogens with zero attached hydrogens (tertiary/aromatic N) is 2. The van der Waals surface area contributed by atoms with Crippen molar-refractivity contribution in [3.63, 3.8) is 0 Å². The molecule has 1 heterocycles. The van der Waals surface area contributed by atoms with Crippen LogP contribution < -0.4 is 5.01 Å². The van der Waals surface area contributed by atoms with Crippen LogP contribution in [0.2, 0.25) is 0 Å². The van der Waals surface area contributed by atoms with Gasteiger partial charge in [-0.05, 0) is 40.9 Å². The van der Waals surface area contributed by atoms with Crippen molar-refractivity contribution in [1.29, 1.82) is 0 Å². The van der Waals surface area contributed by atoms with Gasteiger partial charge in [-0.15, -0.1) is 0 Å². The molecule has 1 atom stereocenters. The van der Waals surface area contributed by atoms with Crippen molar-refractivity contribution in [1.82, 2.24) is 0 Å². The van der Waals surface area contributed by atoms with Gasteiger partial charge in [0.1, 0.15) is 0 Å². The first-order valence-electron chi connectivity index (χ1n) is 5.66. The maximum Gasteiger partial charge on any atom is 0.256 e. The maximum absolute atomic E-state index is 12.3. The van der Waals surface area contributed by atoms with Gasteiger partial charge in [0, 0.05) is 10.2 Å². The molecule has 17 heavy (non-hydrogen) atoms. The lowest BCUT2D eigenvalue weighted by molar-refractivity contribution is -0.120. The van der Waals surface area contributed by atoms with Crippen molar-refractivity contribution in [2.75, 3.05) is 5.01 Å². The lowest BCUT2D eigenvalue weighted by atomic mass is 9.92. The molecule has 1 unspecified atom stereocenters. The average Bonchev–Trinajstić information content (AvgIpc) is 2.55. The van der Waals surface area contributed by atoms with Crippen LogP contribution in [0.4, 0.5) is 5.69 Å². The quantitative estimate of drug-likeness (QED) is 0.822. The second kappa shape index (κ2) is 4.61. The van der Waals surface area contributed by atoms with E-state index in [1.807, 2.05) is 45.0 Å². The minimum atomic E-state index is -0.0953. The summed E-state index contributed by atoms with van der Waals surface area (Å²) < 4.78 is 0.884. The van der Waals surface area contributed by atoms with Gasteiger partial charge in [-0.25, -0.2) is 0 Å². The largest absolute Gasteiger partial charge is 0.272 e. The summed E-state index contributed by atoms with van der Waals surface area (Å²) in [5.74, 6) is 0.241. The van der Waals surface area contributed by atoms with Gasteiger partial charge in [0.15, 0.2) is 0 Å². The van der Waals surface area contributed by atoms with E-state index in [0.29, 0.717) is 0 Å². The van der Waals surface area contributed by atoms with Gasteiger partial charge in [-0.3, -0.25) is 4.79 Å². The normalized spacial score (nSPS) is 20.1. The molecule has 0 bridgehead atoms. The van der Waals surface area contributed by atoms with Crippen LogP contribution in [0.25, 0.3) is 0 Å². The molecule has 0 radical (unpaired) electrons. The third-order valence-corrected chi connectivity index (χ3v) is 3.60. The van der Waals surface area contributed by atoms with E-state index in [0.717, 1.165) is 15.9 Å². The first-order valence-corrected chi connectivity index (χ1v) is 6.45.